The lowest BCUT2D eigenvalue weighted by Crippen LogP contribution is -2.18. The number of ether oxygens (including phenoxy) is 4. The zero-order chi connectivity index (χ0) is 18.5. The average Bonchev–Trinajstić information content (AvgIpc) is 2.71. The molecule has 0 saturated heterocycles. The van der Waals surface area contributed by atoms with Gasteiger partial charge in [0.2, 0.25) is 11.5 Å². The van der Waals surface area contributed by atoms with Crippen LogP contribution in [-0.4, -0.2) is 39.0 Å². The molecule has 136 valence electrons. The van der Waals surface area contributed by atoms with Crippen LogP contribution in [0.4, 0.5) is 0 Å². The van der Waals surface area contributed by atoms with Gasteiger partial charge in [0.15, 0.2) is 23.1 Å². The maximum absolute atomic E-state index is 12.7. The molecule has 0 radical (unpaired) electrons. The minimum absolute atomic E-state index is 0.0624. The molecule has 2 aromatic rings. The minimum atomic E-state index is -0.221. The summed E-state index contributed by atoms with van der Waals surface area (Å²) in [5.41, 5.74) is 0.904. The Balaban J connectivity index is 1.83. The molecular formula is C20H20O6. The first-order chi connectivity index (χ1) is 12.7. The van der Waals surface area contributed by atoms with Crippen molar-refractivity contribution in [3.8, 4) is 23.0 Å². The van der Waals surface area contributed by atoms with E-state index in [0.717, 1.165) is 0 Å². The van der Waals surface area contributed by atoms with E-state index in [1.165, 1.54) is 14.2 Å². The first-order valence-corrected chi connectivity index (χ1v) is 8.31. The molecule has 0 fully saturated rings. The number of hydrogen-bond donors (Lipinski definition) is 0. The summed E-state index contributed by atoms with van der Waals surface area (Å²) in [5, 5.41) is 0. The number of ketones is 2. The zero-order valence-electron chi connectivity index (χ0n) is 14.7. The van der Waals surface area contributed by atoms with Crippen LogP contribution >= 0.6 is 0 Å². The maximum atomic E-state index is 12.7. The number of hydrogen-bond acceptors (Lipinski definition) is 6. The van der Waals surface area contributed by atoms with Crippen molar-refractivity contribution in [2.45, 2.75) is 12.8 Å². The van der Waals surface area contributed by atoms with Gasteiger partial charge in [0, 0.05) is 18.4 Å². The SMILES string of the molecule is COc1cc(C(=O)CCC(=O)c2ccccc2)c(OC)c2c1OCCO2. The molecule has 0 unspecified atom stereocenters. The molecule has 26 heavy (non-hydrogen) atoms. The molecule has 2 aromatic carbocycles. The van der Waals surface area contributed by atoms with Gasteiger partial charge in [0.25, 0.3) is 0 Å². The predicted octanol–water partition coefficient (Wildman–Crippen LogP) is 3.32. The van der Waals surface area contributed by atoms with Crippen LogP contribution in [0.15, 0.2) is 36.4 Å². The van der Waals surface area contributed by atoms with Gasteiger partial charge in [-0.3, -0.25) is 9.59 Å². The molecule has 0 spiro atoms. The molecular weight excluding hydrogens is 336 g/mol. The van der Waals surface area contributed by atoms with Gasteiger partial charge in [0.1, 0.15) is 13.2 Å². The first-order valence-electron chi connectivity index (χ1n) is 8.31. The Bertz CT molecular complexity index is 813. The third-order valence-corrected chi connectivity index (χ3v) is 4.13. The highest BCUT2D eigenvalue weighted by atomic mass is 16.6. The summed E-state index contributed by atoms with van der Waals surface area (Å²) in [6.07, 6.45) is 0.176. The van der Waals surface area contributed by atoms with Gasteiger partial charge in [-0.2, -0.15) is 0 Å². The Kier molecular flexibility index (Phi) is 5.41. The molecule has 1 heterocycles. The van der Waals surface area contributed by atoms with Gasteiger partial charge < -0.3 is 18.9 Å². The Morgan fingerprint density at radius 3 is 2.23 bits per heavy atom. The minimum Gasteiger partial charge on any atom is -0.493 e. The van der Waals surface area contributed by atoms with E-state index in [1.807, 2.05) is 6.07 Å². The number of carbonyl (C=O) groups is 2. The van der Waals surface area contributed by atoms with Crippen molar-refractivity contribution in [3.05, 3.63) is 47.5 Å². The topological polar surface area (TPSA) is 71.1 Å². The highest BCUT2D eigenvalue weighted by Crippen LogP contribution is 2.48. The number of Topliss-reactive ketones (excluding diaryl/α,β-unsaturated/α-hetero) is 2. The van der Waals surface area contributed by atoms with Gasteiger partial charge in [-0.1, -0.05) is 30.3 Å². The fourth-order valence-electron chi connectivity index (χ4n) is 2.85. The van der Waals surface area contributed by atoms with Gasteiger partial charge >= 0.3 is 0 Å². The number of fused-ring (bicyclic) bond motifs is 1. The highest BCUT2D eigenvalue weighted by Gasteiger charge is 2.28. The Labute approximate surface area is 151 Å². The summed E-state index contributed by atoms with van der Waals surface area (Å²) >= 11 is 0. The number of rotatable bonds is 7. The van der Waals surface area contributed by atoms with E-state index in [1.54, 1.807) is 30.3 Å². The predicted molar refractivity (Wildman–Crippen MR) is 94.9 cm³/mol. The van der Waals surface area contributed by atoms with E-state index < -0.39 is 0 Å². The molecule has 0 atom stereocenters. The fourth-order valence-corrected chi connectivity index (χ4v) is 2.85. The van der Waals surface area contributed by atoms with Crippen molar-refractivity contribution in [3.63, 3.8) is 0 Å². The van der Waals surface area contributed by atoms with Crippen molar-refractivity contribution in [1.29, 1.82) is 0 Å². The monoisotopic (exact) mass is 356 g/mol. The zero-order valence-corrected chi connectivity index (χ0v) is 14.7. The summed E-state index contributed by atoms with van der Waals surface area (Å²) in [4.78, 5) is 25.0. The van der Waals surface area contributed by atoms with Crippen molar-refractivity contribution < 1.29 is 28.5 Å². The molecule has 0 N–H and O–H groups in total. The van der Waals surface area contributed by atoms with Crippen LogP contribution in [0.3, 0.4) is 0 Å². The summed E-state index contributed by atoms with van der Waals surface area (Å²) in [6.45, 7) is 0.752. The standard InChI is InChI=1S/C20H20O6/c1-23-17-12-14(18(24-2)20-19(17)25-10-11-26-20)16(22)9-8-15(21)13-6-4-3-5-7-13/h3-7,12H,8-11H2,1-2H3. The second-order valence-electron chi connectivity index (χ2n) is 5.73. The molecule has 0 saturated carbocycles. The van der Waals surface area contributed by atoms with E-state index in [0.29, 0.717) is 47.3 Å². The second-order valence-corrected chi connectivity index (χ2v) is 5.73. The molecule has 6 nitrogen and oxygen atoms in total. The lowest BCUT2D eigenvalue weighted by molar-refractivity contribution is 0.0914. The van der Waals surface area contributed by atoms with Crippen LogP contribution in [0.1, 0.15) is 33.6 Å². The molecule has 1 aliphatic heterocycles. The van der Waals surface area contributed by atoms with E-state index in [9.17, 15) is 9.59 Å². The van der Waals surface area contributed by atoms with Crippen LogP contribution < -0.4 is 18.9 Å². The van der Waals surface area contributed by atoms with Crippen molar-refractivity contribution in [1.82, 2.24) is 0 Å². The largest absolute Gasteiger partial charge is 0.493 e. The summed E-state index contributed by atoms with van der Waals surface area (Å²) in [6, 6.07) is 10.5. The first kappa shape index (κ1) is 17.8. The van der Waals surface area contributed by atoms with E-state index in [-0.39, 0.29) is 24.4 Å². The molecule has 0 aromatic heterocycles. The van der Waals surface area contributed by atoms with E-state index >= 15 is 0 Å². The van der Waals surface area contributed by atoms with Crippen LogP contribution in [-0.2, 0) is 0 Å². The van der Waals surface area contributed by atoms with Gasteiger partial charge in [0.05, 0.1) is 19.8 Å². The molecule has 0 bridgehead atoms. The lowest BCUT2D eigenvalue weighted by atomic mass is 10.00. The van der Waals surface area contributed by atoms with Gasteiger partial charge in [-0.25, -0.2) is 0 Å². The molecule has 3 rings (SSSR count). The summed E-state index contributed by atoms with van der Waals surface area (Å²) in [5.74, 6) is 1.18. The number of benzene rings is 2. The normalized spacial score (nSPS) is 12.4. The van der Waals surface area contributed by atoms with Crippen LogP contribution in [0, 0.1) is 0 Å². The smallest absolute Gasteiger partial charge is 0.208 e. The Morgan fingerprint density at radius 2 is 1.58 bits per heavy atom. The van der Waals surface area contributed by atoms with E-state index in [4.69, 9.17) is 18.9 Å². The van der Waals surface area contributed by atoms with Crippen LogP contribution in [0.5, 0.6) is 23.0 Å². The number of methoxy groups -OCH3 is 2. The molecule has 0 amide bonds. The molecule has 0 aliphatic carbocycles. The molecule has 6 heteroatoms. The quantitative estimate of drug-likeness (QED) is 0.709. The van der Waals surface area contributed by atoms with E-state index in [2.05, 4.69) is 0 Å². The summed E-state index contributed by atoms with van der Waals surface area (Å²) < 4.78 is 21.9. The van der Waals surface area contributed by atoms with Crippen molar-refractivity contribution in [2.75, 3.05) is 27.4 Å². The van der Waals surface area contributed by atoms with Gasteiger partial charge in [-0.05, 0) is 6.07 Å². The maximum Gasteiger partial charge on any atom is 0.208 e. The second kappa shape index (κ2) is 7.91. The van der Waals surface area contributed by atoms with Crippen molar-refractivity contribution in [2.24, 2.45) is 0 Å². The van der Waals surface area contributed by atoms with Gasteiger partial charge in [-0.15, -0.1) is 0 Å². The Morgan fingerprint density at radius 1 is 0.923 bits per heavy atom. The van der Waals surface area contributed by atoms with Crippen LogP contribution in [0.25, 0.3) is 0 Å². The summed E-state index contributed by atoms with van der Waals surface area (Å²) in [7, 11) is 2.96. The average molecular weight is 356 g/mol. The lowest BCUT2D eigenvalue weighted by Gasteiger charge is -2.24. The highest BCUT2D eigenvalue weighted by molar-refractivity contribution is 6.04. The third kappa shape index (κ3) is 3.49. The Hall–Kier alpha value is -3.02. The molecule has 1 aliphatic rings. The third-order valence-electron chi connectivity index (χ3n) is 4.13. The van der Waals surface area contributed by atoms with Crippen molar-refractivity contribution >= 4 is 11.6 Å². The van der Waals surface area contributed by atoms with Crippen LogP contribution in [0.2, 0.25) is 0 Å². The fraction of sp³-hybridized carbons (Fsp3) is 0.300. The number of carbonyl (C=O) groups excluding carboxylic acids is 2.